The molecule has 2 rings (SSSR count). The van der Waals surface area contributed by atoms with E-state index in [0.29, 0.717) is 22.0 Å². The summed E-state index contributed by atoms with van der Waals surface area (Å²) >= 11 is 7.34. The van der Waals surface area contributed by atoms with Gasteiger partial charge in [-0.15, -0.1) is 11.3 Å². The normalized spacial score (nSPS) is 10.9. The molecule has 2 aromatic rings. The minimum atomic E-state index is -0.911. The number of halogens is 1. The third-order valence-corrected chi connectivity index (χ3v) is 4.17. The van der Waals surface area contributed by atoms with Crippen LogP contribution in [0.1, 0.15) is 45.7 Å². The summed E-state index contributed by atoms with van der Waals surface area (Å²) in [4.78, 5) is 16.0. The number of thiazole rings is 1. The molecule has 0 spiro atoms. The van der Waals surface area contributed by atoms with Gasteiger partial charge in [-0.1, -0.05) is 43.6 Å². The highest BCUT2D eigenvalue weighted by molar-refractivity contribution is 7.13. The molecular formula is C14H14ClNO2S. The number of aromatic carboxylic acids is 1. The van der Waals surface area contributed by atoms with E-state index in [1.165, 1.54) is 11.3 Å². The molecule has 0 saturated carbocycles. The molecule has 19 heavy (non-hydrogen) atoms. The van der Waals surface area contributed by atoms with E-state index in [-0.39, 0.29) is 5.92 Å². The molecule has 0 aliphatic heterocycles. The Labute approximate surface area is 120 Å². The van der Waals surface area contributed by atoms with Crippen LogP contribution in [0.2, 0.25) is 5.02 Å². The molecule has 0 atom stereocenters. The molecule has 1 aromatic heterocycles. The highest BCUT2D eigenvalue weighted by atomic mass is 35.5. The average molecular weight is 296 g/mol. The van der Waals surface area contributed by atoms with Crippen LogP contribution in [0.4, 0.5) is 0 Å². The van der Waals surface area contributed by atoms with Gasteiger partial charge in [0.05, 0.1) is 10.7 Å². The number of hydrogen-bond donors (Lipinski definition) is 1. The molecule has 1 heterocycles. The Morgan fingerprint density at radius 2 is 2.11 bits per heavy atom. The van der Waals surface area contributed by atoms with Crippen LogP contribution in [0.15, 0.2) is 24.3 Å². The lowest BCUT2D eigenvalue weighted by Crippen LogP contribution is -2.00. The van der Waals surface area contributed by atoms with Gasteiger partial charge in [-0.2, -0.15) is 0 Å². The van der Waals surface area contributed by atoms with E-state index in [1.807, 2.05) is 38.1 Å². The Balaban J connectivity index is 2.34. The fraction of sp³-hybridized carbons (Fsp3) is 0.286. The summed E-state index contributed by atoms with van der Waals surface area (Å²) in [7, 11) is 0. The van der Waals surface area contributed by atoms with Gasteiger partial charge in [0.25, 0.3) is 0 Å². The third kappa shape index (κ3) is 3.14. The van der Waals surface area contributed by atoms with Crippen molar-refractivity contribution in [1.29, 1.82) is 0 Å². The minimum absolute atomic E-state index is 0.0994. The predicted octanol–water partition coefficient (Wildman–Crippen LogP) is 4.21. The molecule has 5 heteroatoms. The Bertz CT molecular complexity index is 607. The summed E-state index contributed by atoms with van der Waals surface area (Å²) in [5.41, 5.74) is 1.62. The van der Waals surface area contributed by atoms with Crippen LogP contribution in [-0.4, -0.2) is 16.1 Å². The van der Waals surface area contributed by atoms with E-state index in [0.717, 1.165) is 10.6 Å². The monoisotopic (exact) mass is 295 g/mol. The highest BCUT2D eigenvalue weighted by Crippen LogP contribution is 2.28. The number of aromatic nitrogens is 1. The Morgan fingerprint density at radius 3 is 2.63 bits per heavy atom. The average Bonchev–Trinajstić information content (AvgIpc) is 2.76. The molecule has 1 N–H and O–H groups in total. The number of carboxylic acid groups (broad SMARTS) is 1. The van der Waals surface area contributed by atoms with Gasteiger partial charge in [0.2, 0.25) is 0 Å². The first-order chi connectivity index (χ1) is 8.99. The van der Waals surface area contributed by atoms with Crippen molar-refractivity contribution in [3.05, 3.63) is 50.4 Å². The first-order valence-electron chi connectivity index (χ1n) is 5.95. The van der Waals surface area contributed by atoms with Gasteiger partial charge in [0, 0.05) is 11.4 Å². The predicted molar refractivity (Wildman–Crippen MR) is 77.4 cm³/mol. The fourth-order valence-corrected chi connectivity index (χ4v) is 3.09. The molecule has 1 aromatic carbocycles. The first-order valence-corrected chi connectivity index (χ1v) is 7.14. The molecule has 0 radical (unpaired) electrons. The summed E-state index contributed by atoms with van der Waals surface area (Å²) in [5, 5.41) is 10.7. The smallest absolute Gasteiger partial charge is 0.347 e. The van der Waals surface area contributed by atoms with Gasteiger partial charge in [-0.25, -0.2) is 9.78 Å². The second kappa shape index (κ2) is 5.72. The van der Waals surface area contributed by atoms with Crippen LogP contribution in [0, 0.1) is 0 Å². The van der Waals surface area contributed by atoms with Crippen LogP contribution in [-0.2, 0) is 6.42 Å². The summed E-state index contributed by atoms with van der Waals surface area (Å²) in [6.07, 6.45) is 0.567. The Hall–Kier alpha value is -1.39. The molecule has 0 saturated heterocycles. The topological polar surface area (TPSA) is 50.2 Å². The van der Waals surface area contributed by atoms with E-state index >= 15 is 0 Å². The lowest BCUT2D eigenvalue weighted by Gasteiger charge is -2.01. The molecule has 100 valence electrons. The zero-order valence-electron chi connectivity index (χ0n) is 10.7. The molecule has 0 fully saturated rings. The Kier molecular flexibility index (Phi) is 4.22. The summed E-state index contributed by atoms with van der Waals surface area (Å²) in [6, 6.07) is 7.54. The summed E-state index contributed by atoms with van der Waals surface area (Å²) in [6.45, 7) is 3.89. The van der Waals surface area contributed by atoms with Crippen molar-refractivity contribution in [2.75, 3.05) is 0 Å². The van der Waals surface area contributed by atoms with Gasteiger partial charge >= 0.3 is 5.97 Å². The van der Waals surface area contributed by atoms with E-state index in [9.17, 15) is 9.90 Å². The SMILES string of the molecule is CC(C)c1nc(Cc2ccccc2Cl)sc1C(=O)O. The second-order valence-corrected chi connectivity index (χ2v) is 6.04. The lowest BCUT2D eigenvalue weighted by atomic mass is 10.1. The van der Waals surface area contributed by atoms with Gasteiger partial charge in [0.1, 0.15) is 4.88 Å². The molecule has 0 aliphatic carbocycles. The first kappa shape index (κ1) is 14.0. The van der Waals surface area contributed by atoms with Crippen molar-refractivity contribution < 1.29 is 9.90 Å². The van der Waals surface area contributed by atoms with E-state index < -0.39 is 5.97 Å². The van der Waals surface area contributed by atoms with Crippen molar-refractivity contribution in [3.63, 3.8) is 0 Å². The largest absolute Gasteiger partial charge is 0.477 e. The van der Waals surface area contributed by atoms with Crippen LogP contribution in [0.5, 0.6) is 0 Å². The maximum absolute atomic E-state index is 11.2. The van der Waals surface area contributed by atoms with E-state index in [2.05, 4.69) is 4.98 Å². The molecule has 0 bridgehead atoms. The fourth-order valence-electron chi connectivity index (χ4n) is 1.80. The number of carboxylic acids is 1. The van der Waals surface area contributed by atoms with E-state index in [4.69, 9.17) is 11.6 Å². The zero-order valence-corrected chi connectivity index (χ0v) is 12.3. The van der Waals surface area contributed by atoms with Crippen molar-refractivity contribution in [1.82, 2.24) is 4.98 Å². The zero-order chi connectivity index (χ0) is 14.0. The number of hydrogen-bond acceptors (Lipinski definition) is 3. The molecule has 0 unspecified atom stereocenters. The van der Waals surface area contributed by atoms with Crippen molar-refractivity contribution in [2.45, 2.75) is 26.2 Å². The molecule has 0 aliphatic rings. The van der Waals surface area contributed by atoms with Crippen LogP contribution in [0.3, 0.4) is 0 Å². The highest BCUT2D eigenvalue weighted by Gasteiger charge is 2.19. The van der Waals surface area contributed by atoms with Crippen molar-refractivity contribution >= 4 is 28.9 Å². The van der Waals surface area contributed by atoms with Gasteiger partial charge < -0.3 is 5.11 Å². The summed E-state index contributed by atoms with van der Waals surface area (Å²) < 4.78 is 0. The number of nitrogens with zero attached hydrogens (tertiary/aromatic N) is 1. The standard InChI is InChI=1S/C14H14ClNO2S/c1-8(2)12-13(14(17)18)19-11(16-12)7-9-5-3-4-6-10(9)15/h3-6,8H,7H2,1-2H3,(H,17,18). The maximum Gasteiger partial charge on any atom is 0.347 e. The number of carbonyl (C=O) groups is 1. The van der Waals surface area contributed by atoms with Crippen LogP contribution >= 0.6 is 22.9 Å². The van der Waals surface area contributed by atoms with Crippen LogP contribution < -0.4 is 0 Å². The lowest BCUT2D eigenvalue weighted by molar-refractivity contribution is 0.0700. The molecular weight excluding hydrogens is 282 g/mol. The van der Waals surface area contributed by atoms with Crippen LogP contribution in [0.25, 0.3) is 0 Å². The third-order valence-electron chi connectivity index (χ3n) is 2.74. The molecule has 0 amide bonds. The van der Waals surface area contributed by atoms with Crippen molar-refractivity contribution in [3.8, 4) is 0 Å². The summed E-state index contributed by atoms with van der Waals surface area (Å²) in [5.74, 6) is -0.811. The van der Waals surface area contributed by atoms with Gasteiger partial charge in [0.15, 0.2) is 0 Å². The molecule has 3 nitrogen and oxygen atoms in total. The second-order valence-electron chi connectivity index (χ2n) is 4.55. The van der Waals surface area contributed by atoms with E-state index in [1.54, 1.807) is 0 Å². The van der Waals surface area contributed by atoms with Crippen molar-refractivity contribution in [2.24, 2.45) is 0 Å². The van der Waals surface area contributed by atoms with Gasteiger partial charge in [-0.05, 0) is 17.5 Å². The van der Waals surface area contributed by atoms with Gasteiger partial charge in [-0.3, -0.25) is 0 Å². The Morgan fingerprint density at radius 1 is 1.42 bits per heavy atom. The minimum Gasteiger partial charge on any atom is -0.477 e. The number of benzene rings is 1. The number of rotatable bonds is 4. The maximum atomic E-state index is 11.2. The quantitative estimate of drug-likeness (QED) is 0.919.